The first-order valence-corrected chi connectivity index (χ1v) is 4.42. The Balaban J connectivity index is 2.50. The van der Waals surface area contributed by atoms with Gasteiger partial charge in [-0.2, -0.15) is 15.0 Å². The Bertz CT molecular complexity index is 449. The average molecular weight is 209 g/mol. The lowest BCUT2D eigenvalue weighted by molar-refractivity contribution is -0.138. The standard InChI is InChI=1S/C8H7N3O2S/c12-8(13)7(14)11-9-5-3-1-2-4-6(5)10-11/h1-4,7,14H,(H,12,13). The summed E-state index contributed by atoms with van der Waals surface area (Å²) in [5.74, 6) is -1.08. The first-order valence-electron chi connectivity index (χ1n) is 3.91. The molecule has 6 heteroatoms. The second kappa shape index (κ2) is 3.30. The van der Waals surface area contributed by atoms with Crippen molar-refractivity contribution in [2.24, 2.45) is 0 Å². The Labute approximate surface area is 84.7 Å². The lowest BCUT2D eigenvalue weighted by Gasteiger charge is -2.01. The fraction of sp³-hybridized carbons (Fsp3) is 0.125. The van der Waals surface area contributed by atoms with Crippen molar-refractivity contribution < 1.29 is 9.90 Å². The fourth-order valence-electron chi connectivity index (χ4n) is 1.08. The van der Waals surface area contributed by atoms with Gasteiger partial charge in [-0.3, -0.25) is 0 Å². The number of aliphatic carboxylic acids is 1. The van der Waals surface area contributed by atoms with E-state index in [0.29, 0.717) is 11.0 Å². The van der Waals surface area contributed by atoms with Crippen LogP contribution in [0.5, 0.6) is 0 Å². The van der Waals surface area contributed by atoms with Gasteiger partial charge in [-0.05, 0) is 12.1 Å². The van der Waals surface area contributed by atoms with Crippen LogP contribution >= 0.6 is 12.6 Å². The van der Waals surface area contributed by atoms with Crippen LogP contribution in [0.3, 0.4) is 0 Å². The van der Waals surface area contributed by atoms with E-state index < -0.39 is 11.3 Å². The molecule has 1 unspecified atom stereocenters. The van der Waals surface area contributed by atoms with Crippen LogP contribution in [0.4, 0.5) is 0 Å². The molecule has 14 heavy (non-hydrogen) atoms. The summed E-state index contributed by atoms with van der Waals surface area (Å²) in [5, 5.41) is 15.6. The first-order chi connectivity index (χ1) is 6.68. The molecular formula is C8H7N3O2S. The molecular weight excluding hydrogens is 202 g/mol. The molecule has 0 aliphatic rings. The Kier molecular flexibility index (Phi) is 2.12. The van der Waals surface area contributed by atoms with Gasteiger partial charge in [0.05, 0.1) is 0 Å². The minimum Gasteiger partial charge on any atom is -0.479 e. The number of hydrogen-bond donors (Lipinski definition) is 2. The molecule has 0 fully saturated rings. The molecule has 5 nitrogen and oxygen atoms in total. The summed E-state index contributed by atoms with van der Waals surface area (Å²) in [4.78, 5) is 11.7. The van der Waals surface area contributed by atoms with Crippen molar-refractivity contribution in [1.29, 1.82) is 0 Å². The summed E-state index contributed by atoms with van der Waals surface area (Å²) in [6.45, 7) is 0. The maximum Gasteiger partial charge on any atom is 0.340 e. The number of fused-ring (bicyclic) bond motifs is 1. The molecule has 0 aliphatic heterocycles. The highest BCUT2D eigenvalue weighted by Gasteiger charge is 2.16. The topological polar surface area (TPSA) is 68.0 Å². The van der Waals surface area contributed by atoms with E-state index in [4.69, 9.17) is 5.11 Å². The van der Waals surface area contributed by atoms with E-state index in [2.05, 4.69) is 22.8 Å². The third-order valence-electron chi connectivity index (χ3n) is 1.74. The van der Waals surface area contributed by atoms with E-state index in [-0.39, 0.29) is 0 Å². The minimum absolute atomic E-state index is 0.660. The lowest BCUT2D eigenvalue weighted by atomic mass is 10.3. The zero-order chi connectivity index (χ0) is 10.1. The summed E-state index contributed by atoms with van der Waals surface area (Å²) in [7, 11) is 0. The molecule has 0 amide bonds. The highest BCUT2D eigenvalue weighted by Crippen LogP contribution is 2.13. The zero-order valence-corrected chi connectivity index (χ0v) is 7.93. The number of rotatable bonds is 2. The molecule has 0 spiro atoms. The minimum atomic E-state index is -1.08. The number of aromatic nitrogens is 3. The molecule has 1 aromatic carbocycles. The van der Waals surface area contributed by atoms with Crippen LogP contribution in [-0.2, 0) is 4.79 Å². The van der Waals surface area contributed by atoms with E-state index in [0.717, 1.165) is 4.80 Å². The molecule has 0 saturated carbocycles. The number of hydrogen-bond acceptors (Lipinski definition) is 4. The average Bonchev–Trinajstić information content (AvgIpc) is 2.59. The summed E-state index contributed by atoms with van der Waals surface area (Å²) < 4.78 is 0. The summed E-state index contributed by atoms with van der Waals surface area (Å²) in [6, 6.07) is 7.16. The Morgan fingerprint density at radius 2 is 1.86 bits per heavy atom. The van der Waals surface area contributed by atoms with Gasteiger partial charge < -0.3 is 5.11 Å². The molecule has 0 radical (unpaired) electrons. The summed E-state index contributed by atoms with van der Waals surface area (Å²) in [5.41, 5.74) is 1.32. The van der Waals surface area contributed by atoms with E-state index in [1.54, 1.807) is 12.1 Å². The smallest absolute Gasteiger partial charge is 0.340 e. The van der Waals surface area contributed by atoms with Crippen molar-refractivity contribution in [3.05, 3.63) is 24.3 Å². The molecule has 1 heterocycles. The van der Waals surface area contributed by atoms with Crippen LogP contribution in [0, 0.1) is 0 Å². The van der Waals surface area contributed by atoms with Crippen molar-refractivity contribution in [2.45, 2.75) is 5.37 Å². The molecule has 0 saturated heterocycles. The van der Waals surface area contributed by atoms with Gasteiger partial charge in [0.25, 0.3) is 0 Å². The molecule has 1 N–H and O–H groups in total. The van der Waals surface area contributed by atoms with Crippen molar-refractivity contribution in [3.8, 4) is 0 Å². The summed E-state index contributed by atoms with van der Waals surface area (Å²) in [6.07, 6.45) is 0. The first kappa shape index (κ1) is 9.01. The number of carboxylic acids is 1. The van der Waals surface area contributed by atoms with Gasteiger partial charge in [0.1, 0.15) is 11.0 Å². The van der Waals surface area contributed by atoms with Crippen LogP contribution < -0.4 is 0 Å². The van der Waals surface area contributed by atoms with Gasteiger partial charge in [-0.1, -0.05) is 12.1 Å². The number of thiol groups is 1. The number of carbonyl (C=O) groups is 1. The highest BCUT2D eigenvalue weighted by molar-refractivity contribution is 7.81. The Morgan fingerprint density at radius 1 is 1.36 bits per heavy atom. The largest absolute Gasteiger partial charge is 0.479 e. The normalized spacial score (nSPS) is 12.9. The second-order valence-corrected chi connectivity index (χ2v) is 3.21. The molecule has 0 aliphatic carbocycles. The van der Waals surface area contributed by atoms with Crippen LogP contribution in [-0.4, -0.2) is 26.1 Å². The Morgan fingerprint density at radius 3 is 2.29 bits per heavy atom. The van der Waals surface area contributed by atoms with Crippen LogP contribution in [0.1, 0.15) is 5.37 Å². The highest BCUT2D eigenvalue weighted by atomic mass is 32.1. The number of carboxylic acid groups (broad SMARTS) is 1. The van der Waals surface area contributed by atoms with Crippen molar-refractivity contribution in [3.63, 3.8) is 0 Å². The van der Waals surface area contributed by atoms with Crippen molar-refractivity contribution >= 4 is 29.6 Å². The van der Waals surface area contributed by atoms with Gasteiger partial charge in [0.15, 0.2) is 0 Å². The number of benzene rings is 1. The molecule has 0 bridgehead atoms. The predicted molar refractivity (Wildman–Crippen MR) is 53.2 cm³/mol. The quantitative estimate of drug-likeness (QED) is 0.722. The van der Waals surface area contributed by atoms with E-state index in [9.17, 15) is 4.79 Å². The SMILES string of the molecule is O=C(O)C(S)n1nc2ccccc2n1. The van der Waals surface area contributed by atoms with Crippen LogP contribution in [0.25, 0.3) is 11.0 Å². The zero-order valence-electron chi connectivity index (χ0n) is 7.03. The lowest BCUT2D eigenvalue weighted by Crippen LogP contribution is -2.15. The summed E-state index contributed by atoms with van der Waals surface area (Å²) >= 11 is 3.86. The third kappa shape index (κ3) is 1.44. The van der Waals surface area contributed by atoms with Crippen molar-refractivity contribution in [1.82, 2.24) is 15.0 Å². The van der Waals surface area contributed by atoms with Crippen LogP contribution in [0.2, 0.25) is 0 Å². The second-order valence-electron chi connectivity index (χ2n) is 2.72. The third-order valence-corrected chi connectivity index (χ3v) is 2.17. The maximum absolute atomic E-state index is 10.6. The van der Waals surface area contributed by atoms with Gasteiger partial charge in [0.2, 0.25) is 5.37 Å². The molecule has 2 aromatic rings. The molecule has 2 rings (SSSR count). The molecule has 1 atom stereocenters. The monoisotopic (exact) mass is 209 g/mol. The van der Waals surface area contributed by atoms with Gasteiger partial charge in [-0.15, -0.1) is 12.6 Å². The van der Waals surface area contributed by atoms with Crippen LogP contribution in [0.15, 0.2) is 24.3 Å². The van der Waals surface area contributed by atoms with E-state index in [1.807, 2.05) is 12.1 Å². The maximum atomic E-state index is 10.6. The van der Waals surface area contributed by atoms with Crippen molar-refractivity contribution in [2.75, 3.05) is 0 Å². The molecule has 1 aromatic heterocycles. The van der Waals surface area contributed by atoms with Gasteiger partial charge >= 0.3 is 5.97 Å². The number of nitrogens with zero attached hydrogens (tertiary/aromatic N) is 3. The molecule has 72 valence electrons. The van der Waals surface area contributed by atoms with E-state index >= 15 is 0 Å². The predicted octanol–water partition coefficient (Wildman–Crippen LogP) is 0.944. The Hall–Kier alpha value is -1.56. The van der Waals surface area contributed by atoms with Gasteiger partial charge in [0, 0.05) is 0 Å². The van der Waals surface area contributed by atoms with Gasteiger partial charge in [-0.25, -0.2) is 4.79 Å². The van der Waals surface area contributed by atoms with E-state index in [1.165, 1.54) is 0 Å². The fourth-order valence-corrected chi connectivity index (χ4v) is 1.19.